The van der Waals surface area contributed by atoms with E-state index in [0.29, 0.717) is 44.2 Å². The summed E-state index contributed by atoms with van der Waals surface area (Å²) in [6.07, 6.45) is 3.72. The SMILES string of the molecule is Cc1noc(C)c1CC(=O)N1CCC[C@H]1c1ccc(C(=O)N2CCOCC2)cn1. The van der Waals surface area contributed by atoms with E-state index >= 15 is 0 Å². The molecule has 0 N–H and O–H groups in total. The molecule has 0 radical (unpaired) electrons. The molecule has 29 heavy (non-hydrogen) atoms. The van der Waals surface area contributed by atoms with Gasteiger partial charge in [0.1, 0.15) is 5.76 Å². The number of pyridine rings is 1. The molecular weight excluding hydrogens is 372 g/mol. The van der Waals surface area contributed by atoms with Gasteiger partial charge in [-0.2, -0.15) is 0 Å². The van der Waals surface area contributed by atoms with Crippen LogP contribution in [0.2, 0.25) is 0 Å². The molecule has 1 atom stereocenters. The average Bonchev–Trinajstić information content (AvgIpc) is 3.36. The molecule has 8 heteroatoms. The van der Waals surface area contributed by atoms with Gasteiger partial charge in [0.25, 0.3) is 5.91 Å². The van der Waals surface area contributed by atoms with Crippen molar-refractivity contribution in [2.24, 2.45) is 0 Å². The standard InChI is InChI=1S/C21H26N4O4/c1-14-17(15(2)29-23-14)12-20(26)25-7-3-4-19(25)18-6-5-16(13-22-18)21(27)24-8-10-28-11-9-24/h5-6,13,19H,3-4,7-12H2,1-2H3/t19-/m0/s1. The number of rotatable bonds is 4. The molecule has 2 aliphatic rings. The monoisotopic (exact) mass is 398 g/mol. The van der Waals surface area contributed by atoms with Gasteiger partial charge in [-0.05, 0) is 38.8 Å². The third kappa shape index (κ3) is 4.03. The molecule has 4 heterocycles. The number of carbonyl (C=O) groups excluding carboxylic acids is 2. The highest BCUT2D eigenvalue weighted by Crippen LogP contribution is 2.32. The summed E-state index contributed by atoms with van der Waals surface area (Å²) < 4.78 is 10.5. The van der Waals surface area contributed by atoms with Gasteiger partial charge in [-0.3, -0.25) is 14.6 Å². The number of nitrogens with zero attached hydrogens (tertiary/aromatic N) is 4. The number of hydrogen-bond donors (Lipinski definition) is 0. The van der Waals surface area contributed by atoms with Crippen LogP contribution in [0.25, 0.3) is 0 Å². The average molecular weight is 398 g/mol. The minimum Gasteiger partial charge on any atom is -0.378 e. The van der Waals surface area contributed by atoms with Crippen LogP contribution in [0.15, 0.2) is 22.9 Å². The van der Waals surface area contributed by atoms with Crippen molar-refractivity contribution >= 4 is 11.8 Å². The Balaban J connectivity index is 1.45. The smallest absolute Gasteiger partial charge is 0.255 e. The highest BCUT2D eigenvalue weighted by atomic mass is 16.5. The zero-order chi connectivity index (χ0) is 20.4. The van der Waals surface area contributed by atoms with E-state index in [0.717, 1.165) is 29.8 Å². The van der Waals surface area contributed by atoms with Crippen LogP contribution < -0.4 is 0 Å². The highest BCUT2D eigenvalue weighted by molar-refractivity contribution is 5.94. The molecule has 2 amide bonds. The normalized spacial score (nSPS) is 19.6. The third-order valence-corrected chi connectivity index (χ3v) is 5.76. The van der Waals surface area contributed by atoms with E-state index < -0.39 is 0 Å². The van der Waals surface area contributed by atoms with Gasteiger partial charge in [-0.25, -0.2) is 0 Å². The van der Waals surface area contributed by atoms with E-state index in [4.69, 9.17) is 9.26 Å². The molecule has 2 fully saturated rings. The molecule has 0 aromatic carbocycles. The Bertz CT molecular complexity index is 867. The van der Waals surface area contributed by atoms with Crippen LogP contribution in [-0.2, 0) is 16.0 Å². The molecule has 0 saturated carbocycles. The molecule has 154 valence electrons. The van der Waals surface area contributed by atoms with Crippen LogP contribution in [0.1, 0.15) is 52.0 Å². The fourth-order valence-electron chi connectivity index (χ4n) is 4.06. The molecule has 2 aliphatic heterocycles. The Hall–Kier alpha value is -2.74. The zero-order valence-corrected chi connectivity index (χ0v) is 16.9. The Morgan fingerprint density at radius 1 is 1.17 bits per heavy atom. The predicted molar refractivity (Wildman–Crippen MR) is 104 cm³/mol. The summed E-state index contributed by atoms with van der Waals surface area (Å²) in [6.45, 7) is 6.74. The molecule has 0 unspecified atom stereocenters. The van der Waals surface area contributed by atoms with Crippen LogP contribution in [0.4, 0.5) is 0 Å². The topological polar surface area (TPSA) is 88.8 Å². The second kappa shape index (κ2) is 8.32. The fraction of sp³-hybridized carbons (Fsp3) is 0.524. The van der Waals surface area contributed by atoms with Crippen LogP contribution in [0, 0.1) is 13.8 Å². The second-order valence-corrected chi connectivity index (χ2v) is 7.60. The van der Waals surface area contributed by atoms with Crippen molar-refractivity contribution in [1.82, 2.24) is 19.9 Å². The minimum atomic E-state index is -0.0597. The lowest BCUT2D eigenvalue weighted by Crippen LogP contribution is -2.40. The Morgan fingerprint density at radius 3 is 2.62 bits per heavy atom. The number of carbonyl (C=O) groups is 2. The van der Waals surface area contributed by atoms with Gasteiger partial charge in [0.15, 0.2) is 0 Å². The van der Waals surface area contributed by atoms with Crippen LogP contribution in [0.3, 0.4) is 0 Å². The second-order valence-electron chi connectivity index (χ2n) is 7.60. The fourth-order valence-corrected chi connectivity index (χ4v) is 4.06. The summed E-state index contributed by atoms with van der Waals surface area (Å²) in [6, 6.07) is 3.63. The number of aryl methyl sites for hydroxylation is 2. The number of hydrogen-bond acceptors (Lipinski definition) is 6. The molecule has 2 saturated heterocycles. The summed E-state index contributed by atoms with van der Waals surface area (Å²) >= 11 is 0. The summed E-state index contributed by atoms with van der Waals surface area (Å²) in [7, 11) is 0. The molecule has 0 spiro atoms. The van der Waals surface area contributed by atoms with Gasteiger partial charge in [-0.1, -0.05) is 5.16 Å². The lowest BCUT2D eigenvalue weighted by molar-refractivity contribution is -0.131. The first-order valence-corrected chi connectivity index (χ1v) is 10.1. The Labute approximate surface area is 169 Å². The lowest BCUT2D eigenvalue weighted by atomic mass is 10.1. The highest BCUT2D eigenvalue weighted by Gasteiger charge is 2.32. The summed E-state index contributed by atoms with van der Waals surface area (Å²) in [5.41, 5.74) is 3.02. The first kappa shape index (κ1) is 19.6. The van der Waals surface area contributed by atoms with Gasteiger partial charge >= 0.3 is 0 Å². The number of morpholine rings is 1. The van der Waals surface area contributed by atoms with E-state index in [1.54, 1.807) is 11.1 Å². The van der Waals surface area contributed by atoms with E-state index in [9.17, 15) is 9.59 Å². The maximum Gasteiger partial charge on any atom is 0.255 e. The first-order valence-electron chi connectivity index (χ1n) is 10.1. The molecule has 0 aliphatic carbocycles. The van der Waals surface area contributed by atoms with Crippen LogP contribution in [0.5, 0.6) is 0 Å². The molecule has 4 rings (SSSR count). The minimum absolute atomic E-state index is 0.0230. The van der Waals surface area contributed by atoms with Crippen molar-refractivity contribution in [1.29, 1.82) is 0 Å². The summed E-state index contributed by atoms with van der Waals surface area (Å²) in [5, 5.41) is 3.94. The van der Waals surface area contributed by atoms with Gasteiger partial charge in [0, 0.05) is 31.4 Å². The van der Waals surface area contributed by atoms with Crippen molar-refractivity contribution in [2.45, 2.75) is 39.2 Å². The zero-order valence-electron chi connectivity index (χ0n) is 16.9. The number of amides is 2. The van der Waals surface area contributed by atoms with Crippen molar-refractivity contribution in [2.75, 3.05) is 32.8 Å². The maximum absolute atomic E-state index is 12.9. The molecule has 0 bridgehead atoms. The van der Waals surface area contributed by atoms with Gasteiger partial charge in [0.05, 0.1) is 42.6 Å². The summed E-state index contributed by atoms with van der Waals surface area (Å²) in [5.74, 6) is 0.720. The largest absolute Gasteiger partial charge is 0.378 e. The Kier molecular flexibility index (Phi) is 5.62. The lowest BCUT2D eigenvalue weighted by Gasteiger charge is -2.27. The predicted octanol–water partition coefficient (Wildman–Crippen LogP) is 2.07. The van der Waals surface area contributed by atoms with Crippen molar-refractivity contribution in [3.63, 3.8) is 0 Å². The van der Waals surface area contributed by atoms with Crippen LogP contribution in [-0.4, -0.2) is 64.6 Å². The molecule has 8 nitrogen and oxygen atoms in total. The third-order valence-electron chi connectivity index (χ3n) is 5.76. The van der Waals surface area contributed by atoms with Gasteiger partial charge in [0.2, 0.25) is 5.91 Å². The first-order chi connectivity index (χ1) is 14.0. The van der Waals surface area contributed by atoms with E-state index in [-0.39, 0.29) is 24.3 Å². The van der Waals surface area contributed by atoms with Crippen molar-refractivity contribution in [3.05, 3.63) is 46.6 Å². The molecular formula is C21H26N4O4. The van der Waals surface area contributed by atoms with Crippen molar-refractivity contribution < 1.29 is 18.8 Å². The number of aromatic nitrogens is 2. The maximum atomic E-state index is 12.9. The van der Waals surface area contributed by atoms with Crippen LogP contribution >= 0.6 is 0 Å². The summed E-state index contributed by atoms with van der Waals surface area (Å²) in [4.78, 5) is 33.7. The quantitative estimate of drug-likeness (QED) is 0.783. The van der Waals surface area contributed by atoms with E-state index in [1.165, 1.54) is 0 Å². The van der Waals surface area contributed by atoms with Gasteiger partial charge < -0.3 is 19.1 Å². The molecule has 2 aromatic rings. The Morgan fingerprint density at radius 2 is 1.97 bits per heavy atom. The number of likely N-dealkylation sites (tertiary alicyclic amines) is 1. The molecule has 2 aromatic heterocycles. The number of ether oxygens (including phenoxy) is 1. The van der Waals surface area contributed by atoms with Crippen molar-refractivity contribution in [3.8, 4) is 0 Å². The van der Waals surface area contributed by atoms with E-state index in [2.05, 4.69) is 10.1 Å². The van der Waals surface area contributed by atoms with Gasteiger partial charge in [-0.15, -0.1) is 0 Å². The van der Waals surface area contributed by atoms with E-state index in [1.807, 2.05) is 30.9 Å².